The molecule has 2 saturated carbocycles. The maximum Gasteiger partial charge on any atom is 0.356 e. The van der Waals surface area contributed by atoms with Crippen molar-refractivity contribution in [3.63, 3.8) is 0 Å². The predicted molar refractivity (Wildman–Crippen MR) is 83.5 cm³/mol. The van der Waals surface area contributed by atoms with Crippen LogP contribution >= 0.6 is 0 Å². The molecule has 1 amide bonds. The molecular weight excluding hydrogens is 294 g/mol. The van der Waals surface area contributed by atoms with Gasteiger partial charge in [-0.25, -0.2) is 9.48 Å². The number of carboxylic acid groups (broad SMARTS) is 1. The van der Waals surface area contributed by atoms with Gasteiger partial charge in [-0.3, -0.25) is 4.79 Å². The van der Waals surface area contributed by atoms with E-state index in [2.05, 4.69) is 10.4 Å². The number of para-hydroxylation sites is 2. The topological polar surface area (TPSA) is 84.2 Å². The minimum atomic E-state index is -1.07. The molecule has 0 saturated heterocycles. The first-order valence-electron chi connectivity index (χ1n) is 7.82. The van der Waals surface area contributed by atoms with E-state index < -0.39 is 5.97 Å². The van der Waals surface area contributed by atoms with E-state index in [9.17, 15) is 9.59 Å². The van der Waals surface area contributed by atoms with Crippen molar-refractivity contribution in [2.24, 2.45) is 17.8 Å². The third-order valence-electron chi connectivity index (χ3n) is 4.62. The highest BCUT2D eigenvalue weighted by molar-refractivity contribution is 5.96. The Balaban J connectivity index is 1.54. The van der Waals surface area contributed by atoms with Crippen LogP contribution in [-0.4, -0.2) is 26.8 Å². The van der Waals surface area contributed by atoms with Crippen LogP contribution in [-0.2, 0) is 4.79 Å². The molecule has 0 spiro atoms. The Hall–Kier alpha value is -2.63. The highest BCUT2D eigenvalue weighted by Gasteiger charge is 2.51. The normalized spacial score (nSPS) is 22.6. The summed E-state index contributed by atoms with van der Waals surface area (Å²) >= 11 is 0. The summed E-state index contributed by atoms with van der Waals surface area (Å²) in [5.74, 6) is 0.425. The largest absolute Gasteiger partial charge is 0.476 e. The average molecular weight is 311 g/mol. The average Bonchev–Trinajstić information content (AvgIpc) is 3.43. The molecular formula is C17H17N3O3. The van der Waals surface area contributed by atoms with Crippen molar-refractivity contribution in [3.05, 3.63) is 42.2 Å². The molecule has 2 atom stereocenters. The predicted octanol–water partition coefficient (Wildman–Crippen LogP) is 2.56. The van der Waals surface area contributed by atoms with Gasteiger partial charge in [-0.2, -0.15) is 5.10 Å². The van der Waals surface area contributed by atoms with Gasteiger partial charge in [-0.15, -0.1) is 0 Å². The van der Waals surface area contributed by atoms with E-state index in [1.165, 1.54) is 23.6 Å². The van der Waals surface area contributed by atoms with E-state index in [0.29, 0.717) is 17.3 Å². The molecule has 23 heavy (non-hydrogen) atoms. The van der Waals surface area contributed by atoms with Crippen LogP contribution in [0.4, 0.5) is 5.69 Å². The fourth-order valence-electron chi connectivity index (χ4n) is 3.14. The molecule has 1 aromatic heterocycles. The number of carbonyl (C=O) groups is 2. The van der Waals surface area contributed by atoms with Crippen LogP contribution in [0.5, 0.6) is 0 Å². The number of benzene rings is 1. The van der Waals surface area contributed by atoms with Crippen molar-refractivity contribution in [1.29, 1.82) is 0 Å². The Morgan fingerprint density at radius 2 is 2.00 bits per heavy atom. The van der Waals surface area contributed by atoms with Crippen molar-refractivity contribution in [2.45, 2.75) is 19.3 Å². The first-order valence-corrected chi connectivity index (χ1v) is 7.82. The lowest BCUT2D eigenvalue weighted by Crippen LogP contribution is -2.17. The van der Waals surface area contributed by atoms with Crippen LogP contribution in [0.1, 0.15) is 29.8 Å². The van der Waals surface area contributed by atoms with Gasteiger partial charge in [0.2, 0.25) is 5.91 Å². The molecule has 1 aromatic carbocycles. The number of rotatable bonds is 5. The van der Waals surface area contributed by atoms with Crippen LogP contribution in [0, 0.1) is 17.8 Å². The van der Waals surface area contributed by atoms with Crippen molar-refractivity contribution in [1.82, 2.24) is 9.78 Å². The number of aromatic carboxylic acids is 1. The van der Waals surface area contributed by atoms with Crippen molar-refractivity contribution >= 4 is 17.6 Å². The number of anilines is 1. The summed E-state index contributed by atoms with van der Waals surface area (Å²) in [6, 6.07) is 8.72. The van der Waals surface area contributed by atoms with Crippen molar-refractivity contribution in [3.8, 4) is 5.69 Å². The van der Waals surface area contributed by atoms with E-state index in [-0.39, 0.29) is 17.5 Å². The molecule has 6 heteroatoms. The number of nitrogens with one attached hydrogen (secondary N) is 1. The summed E-state index contributed by atoms with van der Waals surface area (Å²) in [7, 11) is 0. The summed E-state index contributed by atoms with van der Waals surface area (Å²) < 4.78 is 1.48. The molecule has 0 bridgehead atoms. The number of hydrogen-bond donors (Lipinski definition) is 2. The smallest absolute Gasteiger partial charge is 0.356 e. The fraction of sp³-hybridized carbons (Fsp3) is 0.353. The molecule has 2 aliphatic rings. The van der Waals surface area contributed by atoms with Gasteiger partial charge >= 0.3 is 5.97 Å². The lowest BCUT2D eigenvalue weighted by molar-refractivity contribution is -0.117. The Labute approximate surface area is 133 Å². The number of carbonyl (C=O) groups excluding carboxylic acids is 1. The van der Waals surface area contributed by atoms with Gasteiger partial charge < -0.3 is 10.4 Å². The third-order valence-corrected chi connectivity index (χ3v) is 4.62. The maximum absolute atomic E-state index is 12.4. The summed E-state index contributed by atoms with van der Waals surface area (Å²) in [4.78, 5) is 23.3. The number of carboxylic acids is 1. The lowest BCUT2D eigenvalue weighted by Gasteiger charge is -2.11. The van der Waals surface area contributed by atoms with E-state index in [1.54, 1.807) is 12.3 Å². The molecule has 0 aliphatic heterocycles. The van der Waals surface area contributed by atoms with Crippen LogP contribution in [0.15, 0.2) is 36.5 Å². The van der Waals surface area contributed by atoms with Gasteiger partial charge in [-0.05, 0) is 49.3 Å². The number of nitrogens with zero attached hydrogens (tertiary/aromatic N) is 2. The van der Waals surface area contributed by atoms with Crippen LogP contribution in [0.2, 0.25) is 0 Å². The Morgan fingerprint density at radius 3 is 2.70 bits per heavy atom. The molecule has 2 N–H and O–H groups in total. The monoisotopic (exact) mass is 311 g/mol. The molecule has 0 unspecified atom stereocenters. The minimum Gasteiger partial charge on any atom is -0.476 e. The van der Waals surface area contributed by atoms with Gasteiger partial charge in [0.1, 0.15) is 0 Å². The van der Waals surface area contributed by atoms with Gasteiger partial charge in [0.05, 0.1) is 11.4 Å². The zero-order chi connectivity index (χ0) is 16.0. The lowest BCUT2D eigenvalue weighted by atomic mass is 10.2. The zero-order valence-electron chi connectivity index (χ0n) is 12.5. The summed E-state index contributed by atoms with van der Waals surface area (Å²) in [6.07, 6.45) is 5.09. The molecule has 0 radical (unpaired) electrons. The maximum atomic E-state index is 12.4. The molecule has 6 nitrogen and oxygen atoms in total. The first kappa shape index (κ1) is 14.0. The second kappa shape index (κ2) is 5.22. The molecule has 2 aliphatic carbocycles. The van der Waals surface area contributed by atoms with Gasteiger partial charge in [-0.1, -0.05) is 12.1 Å². The second-order valence-corrected chi connectivity index (χ2v) is 6.30. The number of hydrogen-bond acceptors (Lipinski definition) is 3. The van der Waals surface area contributed by atoms with Crippen LogP contribution in [0.3, 0.4) is 0 Å². The third kappa shape index (κ3) is 2.72. The van der Waals surface area contributed by atoms with Gasteiger partial charge in [0.15, 0.2) is 5.69 Å². The molecule has 4 rings (SSSR count). The molecule has 2 aromatic rings. The summed E-state index contributed by atoms with van der Waals surface area (Å²) in [6.45, 7) is 0. The number of aromatic nitrogens is 2. The van der Waals surface area contributed by atoms with E-state index in [4.69, 9.17) is 5.11 Å². The number of amides is 1. The van der Waals surface area contributed by atoms with E-state index >= 15 is 0 Å². The van der Waals surface area contributed by atoms with Gasteiger partial charge in [0, 0.05) is 12.1 Å². The zero-order valence-corrected chi connectivity index (χ0v) is 12.5. The highest BCUT2D eigenvalue weighted by atomic mass is 16.4. The van der Waals surface area contributed by atoms with Crippen LogP contribution in [0.25, 0.3) is 5.69 Å². The molecule has 118 valence electrons. The Morgan fingerprint density at radius 1 is 1.22 bits per heavy atom. The van der Waals surface area contributed by atoms with E-state index in [1.807, 2.05) is 18.2 Å². The summed E-state index contributed by atoms with van der Waals surface area (Å²) in [5, 5.41) is 16.0. The summed E-state index contributed by atoms with van der Waals surface area (Å²) in [5.41, 5.74) is 1.29. The van der Waals surface area contributed by atoms with Gasteiger partial charge in [0.25, 0.3) is 0 Å². The first-order chi connectivity index (χ1) is 11.1. The molecule has 1 heterocycles. The standard InChI is InChI=1S/C17H17N3O3/c21-16(12-9-11(12)10-5-6-10)18-13-3-1-2-4-15(13)20-8-7-14(19-20)17(22)23/h1-4,7-8,10-12H,5-6,9H2,(H,18,21)(H,22,23)/t11-,12-/m1/s1. The van der Waals surface area contributed by atoms with E-state index in [0.717, 1.165) is 12.3 Å². The fourth-order valence-corrected chi connectivity index (χ4v) is 3.14. The Kier molecular flexibility index (Phi) is 3.18. The second-order valence-electron chi connectivity index (χ2n) is 6.30. The molecule has 2 fully saturated rings. The highest BCUT2D eigenvalue weighted by Crippen LogP contribution is 2.54. The quantitative estimate of drug-likeness (QED) is 0.889. The van der Waals surface area contributed by atoms with Crippen LogP contribution < -0.4 is 5.32 Å². The minimum absolute atomic E-state index is 0.0258. The SMILES string of the molecule is O=C(O)c1ccn(-c2ccccc2NC(=O)[C@@H]2C[C@@H]2C2CC2)n1. The van der Waals surface area contributed by atoms with Crippen molar-refractivity contribution < 1.29 is 14.7 Å². The Bertz CT molecular complexity index is 779. The van der Waals surface area contributed by atoms with Crippen molar-refractivity contribution in [2.75, 3.05) is 5.32 Å².